The van der Waals surface area contributed by atoms with Gasteiger partial charge in [0.2, 0.25) is 0 Å². The van der Waals surface area contributed by atoms with Gasteiger partial charge >= 0.3 is 0 Å². The van der Waals surface area contributed by atoms with Gasteiger partial charge in [0.1, 0.15) is 5.75 Å². The van der Waals surface area contributed by atoms with E-state index in [0.29, 0.717) is 11.8 Å². The molecule has 0 aliphatic carbocycles. The van der Waals surface area contributed by atoms with Crippen molar-refractivity contribution in [2.45, 2.75) is 31.8 Å². The van der Waals surface area contributed by atoms with E-state index in [2.05, 4.69) is 10.6 Å². The average Bonchev–Trinajstić information content (AvgIpc) is 2.55. The number of hydrogen-bond donors (Lipinski definition) is 3. The van der Waals surface area contributed by atoms with Crippen LogP contribution in [0.5, 0.6) is 5.75 Å². The molecule has 1 aliphatic heterocycles. The summed E-state index contributed by atoms with van der Waals surface area (Å²) in [7, 11) is 0. The molecule has 0 spiro atoms. The normalized spacial score (nSPS) is 21.6. The Morgan fingerprint density at radius 1 is 1.31 bits per heavy atom. The number of phenolic OH excluding ortho intramolecular Hbond substituents is 1. The third-order valence-electron chi connectivity index (χ3n) is 3.08. The predicted octanol–water partition coefficient (Wildman–Crippen LogP) is 1.62. The van der Waals surface area contributed by atoms with Gasteiger partial charge in [-0.1, -0.05) is 12.1 Å². The molecule has 3 nitrogen and oxygen atoms in total. The number of benzene rings is 1. The van der Waals surface area contributed by atoms with Gasteiger partial charge in [0, 0.05) is 12.6 Å². The molecule has 1 saturated heterocycles. The topological polar surface area (TPSA) is 44.3 Å². The quantitative estimate of drug-likeness (QED) is 0.725. The molecule has 1 aromatic carbocycles. The number of hydrogen-bond acceptors (Lipinski definition) is 3. The lowest BCUT2D eigenvalue weighted by Crippen LogP contribution is -2.29. The van der Waals surface area contributed by atoms with Gasteiger partial charge in [-0.05, 0) is 50.0 Å². The van der Waals surface area contributed by atoms with Crippen LogP contribution in [0.3, 0.4) is 0 Å². The van der Waals surface area contributed by atoms with E-state index >= 15 is 0 Å². The van der Waals surface area contributed by atoms with Gasteiger partial charge in [0.05, 0.1) is 0 Å². The summed E-state index contributed by atoms with van der Waals surface area (Å²) in [6, 6.07) is 8.07. The summed E-state index contributed by atoms with van der Waals surface area (Å²) in [4.78, 5) is 0. The van der Waals surface area contributed by atoms with Gasteiger partial charge in [-0.3, -0.25) is 0 Å². The second-order valence-electron chi connectivity index (χ2n) is 4.43. The van der Waals surface area contributed by atoms with Gasteiger partial charge in [0.25, 0.3) is 0 Å². The highest BCUT2D eigenvalue weighted by Crippen LogP contribution is 2.12. The zero-order valence-electron chi connectivity index (χ0n) is 9.58. The maximum atomic E-state index is 9.36. The highest BCUT2D eigenvalue weighted by Gasteiger charge is 2.10. The summed E-state index contributed by atoms with van der Waals surface area (Å²) < 4.78 is 0. The molecule has 1 fully saturated rings. The van der Waals surface area contributed by atoms with E-state index < -0.39 is 0 Å². The van der Waals surface area contributed by atoms with E-state index in [1.54, 1.807) is 6.07 Å². The Labute approximate surface area is 96.9 Å². The van der Waals surface area contributed by atoms with E-state index in [0.717, 1.165) is 25.2 Å². The van der Waals surface area contributed by atoms with Gasteiger partial charge < -0.3 is 15.7 Å². The minimum atomic E-state index is 0.349. The van der Waals surface area contributed by atoms with Crippen LogP contribution in [0.4, 0.5) is 0 Å². The fourth-order valence-corrected chi connectivity index (χ4v) is 2.15. The molecule has 1 aliphatic rings. The SMILES string of the molecule is Oc1cccc(CNC2CCCNCC2)c1. The first-order valence-corrected chi connectivity index (χ1v) is 6.06. The van der Waals surface area contributed by atoms with Crippen molar-refractivity contribution in [3.63, 3.8) is 0 Å². The first-order chi connectivity index (χ1) is 7.84. The molecule has 1 atom stereocenters. The molecular formula is C13H20N2O. The molecule has 0 radical (unpaired) electrons. The van der Waals surface area contributed by atoms with Crippen LogP contribution in [0.2, 0.25) is 0 Å². The van der Waals surface area contributed by atoms with Gasteiger partial charge in [-0.25, -0.2) is 0 Å². The predicted molar refractivity (Wildman–Crippen MR) is 65.5 cm³/mol. The highest BCUT2D eigenvalue weighted by atomic mass is 16.3. The standard InChI is InChI=1S/C13H20N2O/c16-13-5-1-3-11(9-13)10-15-12-4-2-7-14-8-6-12/h1,3,5,9,12,14-16H,2,4,6-8,10H2. The fraction of sp³-hybridized carbons (Fsp3) is 0.538. The lowest BCUT2D eigenvalue weighted by Gasteiger charge is -2.15. The Morgan fingerprint density at radius 3 is 3.12 bits per heavy atom. The van der Waals surface area contributed by atoms with Crippen molar-refractivity contribution in [2.24, 2.45) is 0 Å². The Hall–Kier alpha value is -1.06. The molecule has 88 valence electrons. The van der Waals surface area contributed by atoms with Crippen molar-refractivity contribution < 1.29 is 5.11 Å². The second-order valence-corrected chi connectivity index (χ2v) is 4.43. The zero-order chi connectivity index (χ0) is 11.2. The fourth-order valence-electron chi connectivity index (χ4n) is 2.15. The average molecular weight is 220 g/mol. The Balaban J connectivity index is 1.81. The number of aromatic hydroxyl groups is 1. The number of nitrogens with one attached hydrogen (secondary N) is 2. The summed E-state index contributed by atoms with van der Waals surface area (Å²) in [6.07, 6.45) is 3.68. The highest BCUT2D eigenvalue weighted by molar-refractivity contribution is 5.26. The lowest BCUT2D eigenvalue weighted by molar-refractivity contribution is 0.461. The summed E-state index contributed by atoms with van der Waals surface area (Å²) in [6.45, 7) is 3.10. The van der Waals surface area contributed by atoms with E-state index in [-0.39, 0.29) is 0 Å². The van der Waals surface area contributed by atoms with Gasteiger partial charge in [-0.15, -0.1) is 0 Å². The lowest BCUT2D eigenvalue weighted by atomic mass is 10.1. The Kier molecular flexibility index (Phi) is 4.19. The first kappa shape index (κ1) is 11.4. The van der Waals surface area contributed by atoms with Crippen molar-refractivity contribution in [3.05, 3.63) is 29.8 Å². The molecule has 1 aromatic rings. The largest absolute Gasteiger partial charge is 0.508 e. The van der Waals surface area contributed by atoms with Crippen molar-refractivity contribution in [1.29, 1.82) is 0 Å². The minimum absolute atomic E-state index is 0.349. The van der Waals surface area contributed by atoms with Crippen LogP contribution in [0.15, 0.2) is 24.3 Å². The Bertz CT molecular complexity index is 319. The molecule has 3 N–H and O–H groups in total. The minimum Gasteiger partial charge on any atom is -0.508 e. The molecule has 0 saturated carbocycles. The number of phenols is 1. The molecule has 3 heteroatoms. The Morgan fingerprint density at radius 2 is 2.25 bits per heavy atom. The third kappa shape index (κ3) is 3.51. The maximum Gasteiger partial charge on any atom is 0.115 e. The van der Waals surface area contributed by atoms with Crippen LogP contribution in [-0.4, -0.2) is 24.2 Å². The van der Waals surface area contributed by atoms with Crippen molar-refractivity contribution >= 4 is 0 Å². The second kappa shape index (κ2) is 5.87. The summed E-state index contributed by atoms with van der Waals surface area (Å²) >= 11 is 0. The van der Waals surface area contributed by atoms with Crippen LogP contribution < -0.4 is 10.6 Å². The first-order valence-electron chi connectivity index (χ1n) is 6.06. The van der Waals surface area contributed by atoms with E-state index in [1.165, 1.54) is 19.3 Å². The zero-order valence-corrected chi connectivity index (χ0v) is 9.58. The number of rotatable bonds is 3. The van der Waals surface area contributed by atoms with Crippen LogP contribution in [0.1, 0.15) is 24.8 Å². The van der Waals surface area contributed by atoms with Crippen LogP contribution >= 0.6 is 0 Å². The van der Waals surface area contributed by atoms with Gasteiger partial charge in [0.15, 0.2) is 0 Å². The van der Waals surface area contributed by atoms with E-state index in [9.17, 15) is 5.11 Å². The van der Waals surface area contributed by atoms with Gasteiger partial charge in [-0.2, -0.15) is 0 Å². The van der Waals surface area contributed by atoms with Crippen LogP contribution in [0.25, 0.3) is 0 Å². The molecule has 1 unspecified atom stereocenters. The van der Waals surface area contributed by atoms with E-state index in [4.69, 9.17) is 0 Å². The third-order valence-corrected chi connectivity index (χ3v) is 3.08. The van der Waals surface area contributed by atoms with E-state index in [1.807, 2.05) is 18.2 Å². The summed E-state index contributed by atoms with van der Waals surface area (Å²) in [5, 5.41) is 16.3. The molecule has 1 heterocycles. The summed E-state index contributed by atoms with van der Waals surface area (Å²) in [5.74, 6) is 0.349. The molecule has 0 amide bonds. The molecule has 16 heavy (non-hydrogen) atoms. The van der Waals surface area contributed by atoms with Crippen LogP contribution in [-0.2, 0) is 6.54 Å². The molecule has 0 aromatic heterocycles. The molecule has 2 rings (SSSR count). The van der Waals surface area contributed by atoms with Crippen LogP contribution in [0, 0.1) is 0 Å². The smallest absolute Gasteiger partial charge is 0.115 e. The van der Waals surface area contributed by atoms with Crippen molar-refractivity contribution in [2.75, 3.05) is 13.1 Å². The molecular weight excluding hydrogens is 200 g/mol. The summed E-state index contributed by atoms with van der Waals surface area (Å²) in [5.41, 5.74) is 1.15. The monoisotopic (exact) mass is 220 g/mol. The van der Waals surface area contributed by atoms with Crippen molar-refractivity contribution in [3.8, 4) is 5.75 Å². The maximum absolute atomic E-state index is 9.36. The van der Waals surface area contributed by atoms with Crippen molar-refractivity contribution in [1.82, 2.24) is 10.6 Å². The molecule has 0 bridgehead atoms.